The lowest BCUT2D eigenvalue weighted by Crippen LogP contribution is -2.23. The van der Waals surface area contributed by atoms with Crippen LogP contribution in [-0.2, 0) is 0 Å². The van der Waals surface area contributed by atoms with Crippen molar-refractivity contribution in [2.24, 2.45) is 5.84 Å². The molecule has 0 aromatic heterocycles. The van der Waals surface area contributed by atoms with E-state index in [1.807, 2.05) is 31.2 Å². The maximum atomic E-state index is 5.22. The number of rotatable bonds is 2. The van der Waals surface area contributed by atoms with Gasteiger partial charge in [-0.3, -0.25) is 5.84 Å². The SMILES string of the molecule is Cc1ccc(C(S)NN)cc1. The van der Waals surface area contributed by atoms with E-state index in [0.29, 0.717) is 0 Å². The second-order valence-electron chi connectivity index (χ2n) is 2.48. The Kier molecular flexibility index (Phi) is 2.93. The van der Waals surface area contributed by atoms with E-state index in [-0.39, 0.29) is 5.37 Å². The number of hydrazine groups is 1. The van der Waals surface area contributed by atoms with Crippen LogP contribution in [0.5, 0.6) is 0 Å². The van der Waals surface area contributed by atoms with Crippen molar-refractivity contribution in [1.82, 2.24) is 5.43 Å². The summed E-state index contributed by atoms with van der Waals surface area (Å²) >= 11 is 4.22. The van der Waals surface area contributed by atoms with Crippen molar-refractivity contribution >= 4 is 12.6 Å². The average Bonchev–Trinajstić information content (AvgIpc) is 2.05. The molecule has 60 valence electrons. The number of thiol groups is 1. The summed E-state index contributed by atoms with van der Waals surface area (Å²) in [7, 11) is 0. The second-order valence-corrected chi connectivity index (χ2v) is 3.00. The molecule has 3 N–H and O–H groups in total. The number of nitrogens with one attached hydrogen (secondary N) is 1. The summed E-state index contributed by atoms with van der Waals surface area (Å²) in [5, 5.41) is -0.0735. The van der Waals surface area contributed by atoms with Crippen LogP contribution >= 0.6 is 12.6 Å². The van der Waals surface area contributed by atoms with E-state index in [4.69, 9.17) is 5.84 Å². The molecule has 0 spiro atoms. The van der Waals surface area contributed by atoms with Crippen LogP contribution in [0.15, 0.2) is 24.3 Å². The summed E-state index contributed by atoms with van der Waals surface area (Å²) in [4.78, 5) is 0. The van der Waals surface area contributed by atoms with Gasteiger partial charge in [0.25, 0.3) is 0 Å². The van der Waals surface area contributed by atoms with Crippen molar-refractivity contribution in [3.63, 3.8) is 0 Å². The molecule has 1 atom stereocenters. The minimum absolute atomic E-state index is 0.0735. The first-order valence-electron chi connectivity index (χ1n) is 3.45. The van der Waals surface area contributed by atoms with E-state index in [2.05, 4.69) is 18.1 Å². The van der Waals surface area contributed by atoms with Crippen molar-refractivity contribution < 1.29 is 0 Å². The van der Waals surface area contributed by atoms with Crippen LogP contribution < -0.4 is 11.3 Å². The summed E-state index contributed by atoms with van der Waals surface area (Å²) in [5.74, 6) is 5.22. The van der Waals surface area contributed by atoms with Crippen molar-refractivity contribution in [2.75, 3.05) is 0 Å². The Morgan fingerprint density at radius 2 is 1.91 bits per heavy atom. The van der Waals surface area contributed by atoms with Crippen LogP contribution in [0.3, 0.4) is 0 Å². The van der Waals surface area contributed by atoms with Gasteiger partial charge in [-0.2, -0.15) is 12.6 Å². The molecule has 0 radical (unpaired) electrons. The molecule has 0 bridgehead atoms. The number of aryl methyl sites for hydroxylation is 1. The van der Waals surface area contributed by atoms with E-state index in [0.717, 1.165) is 5.56 Å². The largest absolute Gasteiger partial charge is 0.270 e. The first kappa shape index (κ1) is 8.59. The summed E-state index contributed by atoms with van der Waals surface area (Å²) < 4.78 is 0. The lowest BCUT2D eigenvalue weighted by molar-refractivity contribution is 0.727. The molecule has 0 saturated carbocycles. The fourth-order valence-corrected chi connectivity index (χ4v) is 1.02. The minimum atomic E-state index is -0.0735. The quantitative estimate of drug-likeness (QED) is 0.270. The van der Waals surface area contributed by atoms with Gasteiger partial charge in [0.05, 0.1) is 5.37 Å². The van der Waals surface area contributed by atoms with Crippen LogP contribution in [0.1, 0.15) is 16.5 Å². The first-order chi connectivity index (χ1) is 5.24. The van der Waals surface area contributed by atoms with Crippen molar-refractivity contribution in [2.45, 2.75) is 12.3 Å². The number of nitrogens with two attached hydrogens (primary N) is 1. The molecule has 11 heavy (non-hydrogen) atoms. The molecule has 1 aromatic rings. The molecule has 2 nitrogen and oxygen atoms in total. The molecule has 0 amide bonds. The summed E-state index contributed by atoms with van der Waals surface area (Å²) in [5.41, 5.74) is 4.89. The summed E-state index contributed by atoms with van der Waals surface area (Å²) in [6.45, 7) is 2.05. The highest BCUT2D eigenvalue weighted by Gasteiger charge is 2.00. The van der Waals surface area contributed by atoms with Gasteiger partial charge in [0.15, 0.2) is 0 Å². The summed E-state index contributed by atoms with van der Waals surface area (Å²) in [6, 6.07) is 8.09. The molecular formula is C8H12N2S. The van der Waals surface area contributed by atoms with Gasteiger partial charge in [-0.05, 0) is 12.5 Å². The monoisotopic (exact) mass is 168 g/mol. The van der Waals surface area contributed by atoms with Crippen LogP contribution in [0, 0.1) is 6.92 Å². The standard InChI is InChI=1S/C8H12N2S/c1-6-2-4-7(5-3-6)8(11)10-9/h2-5,8,10-11H,9H2,1H3. The van der Waals surface area contributed by atoms with Gasteiger partial charge in [0.1, 0.15) is 0 Å². The minimum Gasteiger partial charge on any atom is -0.270 e. The van der Waals surface area contributed by atoms with Gasteiger partial charge >= 0.3 is 0 Å². The molecule has 0 aliphatic carbocycles. The predicted molar refractivity (Wildman–Crippen MR) is 50.2 cm³/mol. The molecule has 0 aliphatic rings. The smallest absolute Gasteiger partial charge is 0.0885 e. The second kappa shape index (κ2) is 3.76. The zero-order valence-corrected chi connectivity index (χ0v) is 7.31. The highest BCUT2D eigenvalue weighted by Crippen LogP contribution is 2.15. The van der Waals surface area contributed by atoms with Gasteiger partial charge in [-0.1, -0.05) is 29.8 Å². The van der Waals surface area contributed by atoms with E-state index < -0.39 is 0 Å². The van der Waals surface area contributed by atoms with E-state index in [9.17, 15) is 0 Å². The maximum Gasteiger partial charge on any atom is 0.0885 e. The molecule has 3 heteroatoms. The van der Waals surface area contributed by atoms with Gasteiger partial charge in [0.2, 0.25) is 0 Å². The summed E-state index contributed by atoms with van der Waals surface area (Å²) in [6.07, 6.45) is 0. The van der Waals surface area contributed by atoms with Crippen LogP contribution in [0.25, 0.3) is 0 Å². The zero-order chi connectivity index (χ0) is 8.27. The number of hydrogen-bond donors (Lipinski definition) is 3. The number of hydrogen-bond acceptors (Lipinski definition) is 3. The Labute approximate surface area is 72.2 Å². The highest BCUT2D eigenvalue weighted by molar-refractivity contribution is 7.80. The van der Waals surface area contributed by atoms with Crippen molar-refractivity contribution in [3.8, 4) is 0 Å². The normalized spacial score (nSPS) is 13.0. The Morgan fingerprint density at radius 3 is 2.36 bits per heavy atom. The van der Waals surface area contributed by atoms with Crippen LogP contribution in [0.2, 0.25) is 0 Å². The van der Waals surface area contributed by atoms with Crippen LogP contribution in [0.4, 0.5) is 0 Å². The molecule has 0 saturated heterocycles. The lowest BCUT2D eigenvalue weighted by Gasteiger charge is -2.08. The maximum absolute atomic E-state index is 5.22. The van der Waals surface area contributed by atoms with Crippen molar-refractivity contribution in [3.05, 3.63) is 35.4 Å². The first-order valence-corrected chi connectivity index (χ1v) is 3.96. The zero-order valence-electron chi connectivity index (χ0n) is 6.41. The van der Waals surface area contributed by atoms with Crippen molar-refractivity contribution in [1.29, 1.82) is 0 Å². The Bertz CT molecular complexity index is 220. The van der Waals surface area contributed by atoms with Crippen LogP contribution in [-0.4, -0.2) is 0 Å². The molecule has 0 heterocycles. The molecule has 1 rings (SSSR count). The van der Waals surface area contributed by atoms with Gasteiger partial charge in [0, 0.05) is 0 Å². The van der Waals surface area contributed by atoms with E-state index in [1.54, 1.807) is 0 Å². The molecule has 1 unspecified atom stereocenters. The molecular weight excluding hydrogens is 156 g/mol. The number of benzene rings is 1. The fourth-order valence-electron chi connectivity index (χ4n) is 0.845. The fraction of sp³-hybridized carbons (Fsp3) is 0.250. The third-order valence-electron chi connectivity index (χ3n) is 1.55. The van der Waals surface area contributed by atoms with Gasteiger partial charge in [-0.25, -0.2) is 5.43 Å². The predicted octanol–water partition coefficient (Wildman–Crippen LogP) is 1.39. The molecule has 0 aliphatic heterocycles. The third-order valence-corrected chi connectivity index (χ3v) is 2.00. The molecule has 0 fully saturated rings. The average molecular weight is 168 g/mol. The van der Waals surface area contributed by atoms with Gasteiger partial charge < -0.3 is 0 Å². The topological polar surface area (TPSA) is 38.0 Å². The third kappa shape index (κ3) is 2.22. The Morgan fingerprint density at radius 1 is 1.36 bits per heavy atom. The lowest BCUT2D eigenvalue weighted by atomic mass is 10.1. The highest BCUT2D eigenvalue weighted by atomic mass is 32.1. The van der Waals surface area contributed by atoms with Gasteiger partial charge in [-0.15, -0.1) is 0 Å². The molecule has 1 aromatic carbocycles. The Balaban J connectivity index is 2.81. The Hall–Kier alpha value is -0.510. The van der Waals surface area contributed by atoms with E-state index >= 15 is 0 Å². The van der Waals surface area contributed by atoms with E-state index in [1.165, 1.54) is 5.56 Å².